The lowest BCUT2D eigenvalue weighted by molar-refractivity contribution is 0.0696. The molecule has 0 fully saturated rings. The van der Waals surface area contributed by atoms with Gasteiger partial charge >= 0.3 is 5.97 Å². The summed E-state index contributed by atoms with van der Waals surface area (Å²) in [5, 5.41) is 9.47. The fourth-order valence-electron chi connectivity index (χ4n) is 1.59. The third-order valence-corrected chi connectivity index (χ3v) is 3.17. The van der Waals surface area contributed by atoms with Crippen molar-refractivity contribution in [3.63, 3.8) is 0 Å². The van der Waals surface area contributed by atoms with Crippen molar-refractivity contribution in [2.24, 2.45) is 7.05 Å². The maximum atomic E-state index is 10.9. The first kappa shape index (κ1) is 13.4. The van der Waals surface area contributed by atoms with Crippen LogP contribution in [0.5, 0.6) is 5.75 Å². The van der Waals surface area contributed by atoms with Crippen LogP contribution in [0.2, 0.25) is 5.15 Å². The largest absolute Gasteiger partial charge is 0.485 e. The van der Waals surface area contributed by atoms with Gasteiger partial charge in [-0.3, -0.25) is 0 Å². The van der Waals surface area contributed by atoms with E-state index in [2.05, 4.69) is 4.98 Å². The van der Waals surface area contributed by atoms with Gasteiger partial charge < -0.3 is 14.4 Å². The highest BCUT2D eigenvalue weighted by atomic mass is 35.5. The predicted octanol–water partition coefficient (Wildman–Crippen LogP) is 2.66. The molecule has 100 valence electrons. The standard InChI is InChI=1S/C13H13ClN2O3/c1-8-3-4-9(13(17)18)5-10(8)19-7-12-15-6-11(14)16(12)2/h3-6H,7H2,1-2H3,(H,17,18). The van der Waals surface area contributed by atoms with Gasteiger partial charge in [0.15, 0.2) is 0 Å². The summed E-state index contributed by atoms with van der Waals surface area (Å²) in [4.78, 5) is 15.0. The minimum Gasteiger partial charge on any atom is -0.485 e. The van der Waals surface area contributed by atoms with Crippen molar-refractivity contribution in [2.45, 2.75) is 13.5 Å². The van der Waals surface area contributed by atoms with Gasteiger partial charge in [0.1, 0.15) is 23.3 Å². The summed E-state index contributed by atoms with van der Waals surface area (Å²) in [6.45, 7) is 2.08. The van der Waals surface area contributed by atoms with Crippen molar-refractivity contribution in [3.05, 3.63) is 46.5 Å². The summed E-state index contributed by atoms with van der Waals surface area (Å²) in [5.74, 6) is 0.217. The number of ether oxygens (including phenoxy) is 1. The average molecular weight is 281 g/mol. The Morgan fingerprint density at radius 1 is 1.53 bits per heavy atom. The van der Waals surface area contributed by atoms with Gasteiger partial charge in [-0.15, -0.1) is 0 Å². The number of aryl methyl sites for hydroxylation is 1. The van der Waals surface area contributed by atoms with E-state index >= 15 is 0 Å². The lowest BCUT2D eigenvalue weighted by atomic mass is 10.1. The van der Waals surface area contributed by atoms with Crippen LogP contribution in [0.3, 0.4) is 0 Å². The van der Waals surface area contributed by atoms with E-state index in [-0.39, 0.29) is 12.2 Å². The molecule has 0 aliphatic carbocycles. The van der Waals surface area contributed by atoms with Crippen molar-refractivity contribution in [2.75, 3.05) is 0 Å². The third kappa shape index (κ3) is 2.88. The monoisotopic (exact) mass is 280 g/mol. The molecule has 0 aliphatic rings. The molecule has 0 unspecified atom stereocenters. The summed E-state index contributed by atoms with van der Waals surface area (Å²) < 4.78 is 7.31. The first-order chi connectivity index (χ1) is 8.99. The number of benzene rings is 1. The molecule has 1 heterocycles. The first-order valence-electron chi connectivity index (χ1n) is 5.62. The average Bonchev–Trinajstić information content (AvgIpc) is 2.69. The lowest BCUT2D eigenvalue weighted by Gasteiger charge is -2.10. The molecule has 19 heavy (non-hydrogen) atoms. The van der Waals surface area contributed by atoms with E-state index in [4.69, 9.17) is 21.4 Å². The minimum atomic E-state index is -0.982. The van der Waals surface area contributed by atoms with E-state index in [1.54, 1.807) is 29.9 Å². The Bertz CT molecular complexity index is 622. The Balaban J connectivity index is 2.17. The molecule has 6 heteroatoms. The fraction of sp³-hybridized carbons (Fsp3) is 0.231. The molecular formula is C13H13ClN2O3. The minimum absolute atomic E-state index is 0.193. The molecule has 5 nitrogen and oxygen atoms in total. The van der Waals surface area contributed by atoms with Gasteiger partial charge in [-0.1, -0.05) is 17.7 Å². The van der Waals surface area contributed by atoms with Gasteiger partial charge in [0.25, 0.3) is 0 Å². The van der Waals surface area contributed by atoms with Gasteiger partial charge in [0.05, 0.1) is 11.8 Å². The lowest BCUT2D eigenvalue weighted by Crippen LogP contribution is -2.05. The molecule has 0 aliphatic heterocycles. The maximum Gasteiger partial charge on any atom is 0.335 e. The molecule has 1 aromatic carbocycles. The topological polar surface area (TPSA) is 64.3 Å². The highest BCUT2D eigenvalue weighted by molar-refractivity contribution is 6.29. The van der Waals surface area contributed by atoms with Gasteiger partial charge in [-0.25, -0.2) is 9.78 Å². The molecule has 2 aromatic rings. The molecule has 1 N–H and O–H groups in total. The van der Waals surface area contributed by atoms with Crippen LogP contribution in [0.25, 0.3) is 0 Å². The maximum absolute atomic E-state index is 10.9. The molecule has 0 spiro atoms. The third-order valence-electron chi connectivity index (χ3n) is 2.82. The van der Waals surface area contributed by atoms with Crippen LogP contribution in [0.1, 0.15) is 21.7 Å². The summed E-state index contributed by atoms with van der Waals surface area (Å²) >= 11 is 5.88. The zero-order valence-corrected chi connectivity index (χ0v) is 11.3. The van der Waals surface area contributed by atoms with Crippen LogP contribution in [0.15, 0.2) is 24.4 Å². The predicted molar refractivity (Wildman–Crippen MR) is 70.7 cm³/mol. The number of nitrogens with zero attached hydrogens (tertiary/aromatic N) is 2. The normalized spacial score (nSPS) is 10.5. The smallest absolute Gasteiger partial charge is 0.335 e. The number of aromatic nitrogens is 2. The van der Waals surface area contributed by atoms with E-state index in [9.17, 15) is 4.79 Å². The number of hydrogen-bond donors (Lipinski definition) is 1. The first-order valence-corrected chi connectivity index (χ1v) is 5.99. The second-order valence-electron chi connectivity index (χ2n) is 4.13. The van der Waals surface area contributed by atoms with E-state index in [0.717, 1.165) is 5.56 Å². The zero-order valence-electron chi connectivity index (χ0n) is 10.6. The summed E-state index contributed by atoms with van der Waals surface area (Å²) in [7, 11) is 1.79. The number of carbonyl (C=O) groups is 1. The quantitative estimate of drug-likeness (QED) is 0.935. The Kier molecular flexibility index (Phi) is 3.76. The van der Waals surface area contributed by atoms with Crippen LogP contribution in [-0.2, 0) is 13.7 Å². The summed E-state index contributed by atoms with van der Waals surface area (Å²) in [5.41, 5.74) is 1.06. The summed E-state index contributed by atoms with van der Waals surface area (Å²) in [6, 6.07) is 4.76. The highest BCUT2D eigenvalue weighted by Gasteiger charge is 2.09. The van der Waals surface area contributed by atoms with E-state index < -0.39 is 5.97 Å². The van der Waals surface area contributed by atoms with Crippen LogP contribution in [-0.4, -0.2) is 20.6 Å². The molecule has 0 saturated carbocycles. The van der Waals surface area contributed by atoms with Crippen LogP contribution in [0, 0.1) is 6.92 Å². The van der Waals surface area contributed by atoms with Crippen molar-refractivity contribution in [1.82, 2.24) is 9.55 Å². The van der Waals surface area contributed by atoms with Gasteiger partial charge in [-0.2, -0.15) is 0 Å². The fourth-order valence-corrected chi connectivity index (χ4v) is 1.74. The number of hydrogen-bond acceptors (Lipinski definition) is 3. The van der Waals surface area contributed by atoms with E-state index in [1.807, 2.05) is 6.92 Å². The number of imidazole rings is 1. The molecule has 0 amide bonds. The number of carboxylic acid groups (broad SMARTS) is 1. The Labute approximate surface area is 115 Å². The van der Waals surface area contributed by atoms with Crippen LogP contribution in [0.4, 0.5) is 0 Å². The number of carboxylic acids is 1. The molecular weight excluding hydrogens is 268 g/mol. The molecule has 0 radical (unpaired) electrons. The van der Waals surface area contributed by atoms with E-state index in [1.165, 1.54) is 6.07 Å². The van der Waals surface area contributed by atoms with Gasteiger partial charge in [0, 0.05) is 7.05 Å². The molecule has 2 rings (SSSR count). The van der Waals surface area contributed by atoms with Crippen molar-refractivity contribution < 1.29 is 14.6 Å². The highest BCUT2D eigenvalue weighted by Crippen LogP contribution is 2.21. The molecule has 0 bridgehead atoms. The Morgan fingerprint density at radius 3 is 2.84 bits per heavy atom. The van der Waals surface area contributed by atoms with Crippen molar-refractivity contribution >= 4 is 17.6 Å². The second kappa shape index (κ2) is 5.32. The second-order valence-corrected chi connectivity index (χ2v) is 4.52. The number of aromatic carboxylic acids is 1. The van der Waals surface area contributed by atoms with Gasteiger partial charge in [-0.05, 0) is 24.6 Å². The zero-order chi connectivity index (χ0) is 14.0. The number of halogens is 1. The van der Waals surface area contributed by atoms with E-state index in [0.29, 0.717) is 16.7 Å². The van der Waals surface area contributed by atoms with Crippen LogP contribution < -0.4 is 4.74 Å². The Hall–Kier alpha value is -2.01. The Morgan fingerprint density at radius 2 is 2.26 bits per heavy atom. The van der Waals surface area contributed by atoms with Gasteiger partial charge in [0.2, 0.25) is 0 Å². The summed E-state index contributed by atoms with van der Waals surface area (Å²) in [6.07, 6.45) is 1.54. The molecule has 1 aromatic heterocycles. The molecule has 0 saturated heterocycles. The van der Waals surface area contributed by atoms with Crippen LogP contribution >= 0.6 is 11.6 Å². The van der Waals surface area contributed by atoms with Crippen molar-refractivity contribution in [1.29, 1.82) is 0 Å². The van der Waals surface area contributed by atoms with Crippen molar-refractivity contribution in [3.8, 4) is 5.75 Å². The SMILES string of the molecule is Cc1ccc(C(=O)O)cc1OCc1ncc(Cl)n1C. The number of rotatable bonds is 4. The molecule has 0 atom stereocenters.